The normalized spacial score (nSPS) is 38.1. The molecule has 0 amide bonds. The molecule has 62 valence electrons. The predicted molar refractivity (Wildman–Crippen MR) is 40.0 cm³/mol. The summed E-state index contributed by atoms with van der Waals surface area (Å²) >= 11 is 0. The molecule has 0 aromatic carbocycles. The van der Waals surface area contributed by atoms with Crippen molar-refractivity contribution in [3.8, 4) is 0 Å². The molecule has 2 rings (SSSR count). The lowest BCUT2D eigenvalue weighted by molar-refractivity contribution is -0.124. The third-order valence-corrected chi connectivity index (χ3v) is 2.86. The number of nitrogens with zero attached hydrogens (tertiary/aromatic N) is 1. The van der Waals surface area contributed by atoms with Crippen LogP contribution in [0.25, 0.3) is 0 Å². The van der Waals surface area contributed by atoms with Gasteiger partial charge in [0.05, 0.1) is 6.73 Å². The first-order valence-electron chi connectivity index (χ1n) is 4.19. The molecule has 0 aliphatic carbocycles. The van der Waals surface area contributed by atoms with Crippen molar-refractivity contribution in [1.82, 2.24) is 4.90 Å². The zero-order valence-corrected chi connectivity index (χ0v) is 6.49. The molecule has 2 aliphatic heterocycles. The van der Waals surface area contributed by atoms with Crippen LogP contribution in [0.5, 0.6) is 0 Å². The lowest BCUT2D eigenvalue weighted by Gasteiger charge is -2.31. The molecular formula is C8H13NO2. The van der Waals surface area contributed by atoms with Crippen LogP contribution in [0.4, 0.5) is 0 Å². The van der Waals surface area contributed by atoms with Gasteiger partial charge in [0, 0.05) is 24.9 Å². The van der Waals surface area contributed by atoms with Gasteiger partial charge >= 0.3 is 0 Å². The van der Waals surface area contributed by atoms with Gasteiger partial charge in [-0.25, -0.2) is 0 Å². The Morgan fingerprint density at radius 1 is 1.36 bits per heavy atom. The lowest BCUT2D eigenvalue weighted by atomic mass is 10.0. The Morgan fingerprint density at radius 2 is 1.91 bits per heavy atom. The van der Waals surface area contributed by atoms with Gasteiger partial charge in [0.1, 0.15) is 5.78 Å². The van der Waals surface area contributed by atoms with E-state index >= 15 is 0 Å². The average molecular weight is 155 g/mol. The number of fused-ring (bicyclic) bond motifs is 2. The minimum atomic E-state index is 0.128. The van der Waals surface area contributed by atoms with Crippen LogP contribution in [-0.2, 0) is 4.79 Å². The summed E-state index contributed by atoms with van der Waals surface area (Å²) < 4.78 is 0. The molecule has 0 spiro atoms. The number of rotatable bonds is 1. The maximum atomic E-state index is 11.1. The maximum Gasteiger partial charge on any atom is 0.136 e. The van der Waals surface area contributed by atoms with Gasteiger partial charge < -0.3 is 5.11 Å². The monoisotopic (exact) mass is 155 g/mol. The van der Waals surface area contributed by atoms with E-state index in [0.29, 0.717) is 30.7 Å². The number of aliphatic hydroxyl groups excluding tert-OH is 1. The number of carbonyl (C=O) groups is 1. The number of carbonyl (C=O) groups excluding carboxylic acids is 1. The molecule has 2 heterocycles. The van der Waals surface area contributed by atoms with E-state index in [4.69, 9.17) is 5.11 Å². The number of Topliss-reactive ketones (excluding diaryl/α,β-unsaturated/α-hetero) is 1. The second-order valence-corrected chi connectivity index (χ2v) is 3.49. The topological polar surface area (TPSA) is 40.5 Å². The van der Waals surface area contributed by atoms with Crippen LogP contribution in [0.2, 0.25) is 0 Å². The maximum absolute atomic E-state index is 11.1. The van der Waals surface area contributed by atoms with Gasteiger partial charge in [-0.15, -0.1) is 0 Å². The van der Waals surface area contributed by atoms with Crippen LogP contribution >= 0.6 is 0 Å². The van der Waals surface area contributed by atoms with Crippen molar-refractivity contribution in [2.24, 2.45) is 0 Å². The Morgan fingerprint density at radius 3 is 2.36 bits per heavy atom. The summed E-state index contributed by atoms with van der Waals surface area (Å²) in [6, 6.07) is 0.706. The zero-order valence-electron chi connectivity index (χ0n) is 6.49. The second kappa shape index (κ2) is 2.57. The van der Waals surface area contributed by atoms with Crippen molar-refractivity contribution in [1.29, 1.82) is 0 Å². The van der Waals surface area contributed by atoms with E-state index < -0.39 is 0 Å². The third kappa shape index (κ3) is 1.08. The smallest absolute Gasteiger partial charge is 0.136 e. The third-order valence-electron chi connectivity index (χ3n) is 2.86. The summed E-state index contributed by atoms with van der Waals surface area (Å²) in [5.74, 6) is 0.377. The Hall–Kier alpha value is -0.410. The molecule has 2 fully saturated rings. The molecule has 0 aromatic heterocycles. The SMILES string of the molecule is O=C1CC2CCC(C1)N2CO. The summed E-state index contributed by atoms with van der Waals surface area (Å²) in [4.78, 5) is 13.1. The van der Waals surface area contributed by atoms with E-state index in [1.807, 2.05) is 0 Å². The van der Waals surface area contributed by atoms with Crippen LogP contribution in [-0.4, -0.2) is 34.6 Å². The first-order valence-corrected chi connectivity index (χ1v) is 4.19. The molecule has 11 heavy (non-hydrogen) atoms. The Balaban J connectivity index is 2.12. The fourth-order valence-corrected chi connectivity index (χ4v) is 2.29. The minimum Gasteiger partial charge on any atom is -0.381 e. The van der Waals surface area contributed by atoms with Crippen molar-refractivity contribution in [3.05, 3.63) is 0 Å². The van der Waals surface area contributed by atoms with Gasteiger partial charge in [0.25, 0.3) is 0 Å². The Kier molecular flexibility index (Phi) is 1.69. The van der Waals surface area contributed by atoms with Crippen molar-refractivity contribution >= 4 is 5.78 Å². The zero-order chi connectivity index (χ0) is 7.84. The van der Waals surface area contributed by atoms with Crippen LogP contribution in [0.3, 0.4) is 0 Å². The summed E-state index contributed by atoms with van der Waals surface area (Å²) in [6.07, 6.45) is 3.52. The fraction of sp³-hybridized carbons (Fsp3) is 0.875. The lowest BCUT2D eigenvalue weighted by Crippen LogP contribution is -2.43. The van der Waals surface area contributed by atoms with Crippen molar-refractivity contribution in [3.63, 3.8) is 0 Å². The van der Waals surface area contributed by atoms with Gasteiger partial charge in [-0.05, 0) is 12.8 Å². The molecule has 2 saturated heterocycles. The fourth-order valence-electron chi connectivity index (χ4n) is 2.29. The van der Waals surface area contributed by atoms with Crippen LogP contribution in [0.1, 0.15) is 25.7 Å². The number of ketones is 1. The molecule has 3 nitrogen and oxygen atoms in total. The molecule has 2 aliphatic rings. The Labute approximate surface area is 66.0 Å². The molecule has 2 unspecified atom stereocenters. The summed E-state index contributed by atoms with van der Waals surface area (Å²) in [5, 5.41) is 8.97. The first-order chi connectivity index (χ1) is 5.31. The van der Waals surface area contributed by atoms with E-state index in [2.05, 4.69) is 4.90 Å². The number of aliphatic hydroxyl groups is 1. The molecule has 0 aromatic rings. The van der Waals surface area contributed by atoms with E-state index in [1.54, 1.807) is 0 Å². The van der Waals surface area contributed by atoms with Gasteiger partial charge in [-0.2, -0.15) is 0 Å². The van der Waals surface area contributed by atoms with Crippen molar-refractivity contribution in [2.45, 2.75) is 37.8 Å². The van der Waals surface area contributed by atoms with Crippen molar-refractivity contribution in [2.75, 3.05) is 6.73 Å². The molecule has 1 N–H and O–H groups in total. The quantitative estimate of drug-likeness (QED) is 0.585. The average Bonchev–Trinajstić information content (AvgIpc) is 2.23. The molecule has 0 radical (unpaired) electrons. The number of hydrogen-bond acceptors (Lipinski definition) is 3. The summed E-state index contributed by atoms with van der Waals surface area (Å²) in [7, 11) is 0. The number of hydrogen-bond donors (Lipinski definition) is 1. The molecular weight excluding hydrogens is 142 g/mol. The van der Waals surface area contributed by atoms with E-state index in [0.717, 1.165) is 12.8 Å². The van der Waals surface area contributed by atoms with E-state index in [1.165, 1.54) is 0 Å². The minimum absolute atomic E-state index is 0.128. The van der Waals surface area contributed by atoms with Crippen LogP contribution < -0.4 is 0 Å². The highest BCUT2D eigenvalue weighted by atomic mass is 16.3. The Bertz CT molecular complexity index is 165. The largest absolute Gasteiger partial charge is 0.381 e. The van der Waals surface area contributed by atoms with Crippen molar-refractivity contribution < 1.29 is 9.90 Å². The molecule has 0 saturated carbocycles. The number of piperidine rings is 1. The highest BCUT2D eigenvalue weighted by Crippen LogP contribution is 2.32. The summed E-state index contributed by atoms with van der Waals surface area (Å²) in [5.41, 5.74) is 0. The standard InChI is InChI=1S/C8H13NO2/c10-5-9-6-1-2-7(9)4-8(11)3-6/h6-7,10H,1-5H2. The second-order valence-electron chi connectivity index (χ2n) is 3.49. The van der Waals surface area contributed by atoms with E-state index in [-0.39, 0.29) is 6.73 Å². The van der Waals surface area contributed by atoms with Gasteiger partial charge in [0.2, 0.25) is 0 Å². The van der Waals surface area contributed by atoms with Gasteiger partial charge in [0.15, 0.2) is 0 Å². The van der Waals surface area contributed by atoms with E-state index in [9.17, 15) is 4.79 Å². The summed E-state index contributed by atoms with van der Waals surface area (Å²) in [6.45, 7) is 0.128. The molecule has 3 heteroatoms. The highest BCUT2D eigenvalue weighted by molar-refractivity contribution is 5.80. The highest BCUT2D eigenvalue weighted by Gasteiger charge is 2.39. The van der Waals surface area contributed by atoms with Crippen LogP contribution in [0, 0.1) is 0 Å². The van der Waals surface area contributed by atoms with Gasteiger partial charge in [-0.1, -0.05) is 0 Å². The van der Waals surface area contributed by atoms with Crippen LogP contribution in [0.15, 0.2) is 0 Å². The van der Waals surface area contributed by atoms with Gasteiger partial charge in [-0.3, -0.25) is 9.69 Å². The molecule has 2 bridgehead atoms. The first kappa shape index (κ1) is 7.25. The predicted octanol–water partition coefficient (Wildman–Crippen LogP) is 0.132. The molecule has 2 atom stereocenters.